The van der Waals surface area contributed by atoms with E-state index >= 15 is 0 Å². The van der Waals surface area contributed by atoms with Crippen LogP contribution in [0.5, 0.6) is 0 Å². The number of hydrogen-bond donors (Lipinski definition) is 1. The molecule has 0 amide bonds. The summed E-state index contributed by atoms with van der Waals surface area (Å²) >= 11 is 0. The Labute approximate surface area is 129 Å². The van der Waals surface area contributed by atoms with E-state index in [1.165, 1.54) is 57.8 Å². The monoisotopic (exact) mass is 293 g/mol. The molecule has 0 atom stereocenters. The first-order valence-electron chi connectivity index (χ1n) is 8.53. The lowest BCUT2D eigenvalue weighted by molar-refractivity contribution is 0.502. The third-order valence-corrected chi connectivity index (χ3v) is 3.88. The molecule has 0 bridgehead atoms. The molecule has 0 spiro atoms. The molecule has 4 nitrogen and oxygen atoms in total. The highest BCUT2D eigenvalue weighted by molar-refractivity contribution is 5.37. The minimum atomic E-state index is -0.0159. The zero-order chi connectivity index (χ0) is 15.3. The van der Waals surface area contributed by atoms with Gasteiger partial charge in [0.05, 0.1) is 11.9 Å². The van der Waals surface area contributed by atoms with Crippen LogP contribution >= 0.6 is 0 Å². The Morgan fingerprint density at radius 1 is 1.00 bits per heavy atom. The standard InChI is InChI=1S/C17H31N3O/c1-3-4-5-6-7-8-9-10-11-12-13-20-17(21)14-16(18-2)15-19-20/h14-15,18H,3-13H2,1-2H3. The van der Waals surface area contributed by atoms with Crippen molar-refractivity contribution in [3.8, 4) is 0 Å². The topological polar surface area (TPSA) is 46.9 Å². The molecule has 0 aliphatic rings. The van der Waals surface area contributed by atoms with E-state index in [-0.39, 0.29) is 5.56 Å². The second-order valence-corrected chi connectivity index (χ2v) is 5.74. The van der Waals surface area contributed by atoms with Crippen LogP contribution < -0.4 is 10.9 Å². The van der Waals surface area contributed by atoms with Crippen molar-refractivity contribution in [2.24, 2.45) is 0 Å². The van der Waals surface area contributed by atoms with E-state index in [4.69, 9.17) is 0 Å². The van der Waals surface area contributed by atoms with Crippen molar-refractivity contribution in [3.05, 3.63) is 22.6 Å². The summed E-state index contributed by atoms with van der Waals surface area (Å²) in [5, 5.41) is 7.09. The van der Waals surface area contributed by atoms with Gasteiger partial charge in [-0.25, -0.2) is 4.68 Å². The summed E-state index contributed by atoms with van der Waals surface area (Å²) in [7, 11) is 1.79. The van der Waals surface area contributed by atoms with E-state index < -0.39 is 0 Å². The highest BCUT2D eigenvalue weighted by Gasteiger charge is 1.99. The van der Waals surface area contributed by atoms with Crippen LogP contribution in [0.1, 0.15) is 71.1 Å². The van der Waals surface area contributed by atoms with Gasteiger partial charge in [-0.1, -0.05) is 64.7 Å². The number of nitrogens with zero attached hydrogens (tertiary/aromatic N) is 2. The van der Waals surface area contributed by atoms with Crippen molar-refractivity contribution in [2.75, 3.05) is 12.4 Å². The molecule has 0 aliphatic heterocycles. The minimum absolute atomic E-state index is 0.0159. The third kappa shape index (κ3) is 7.88. The van der Waals surface area contributed by atoms with E-state index in [1.807, 2.05) is 0 Å². The summed E-state index contributed by atoms with van der Waals surface area (Å²) in [4.78, 5) is 11.8. The summed E-state index contributed by atoms with van der Waals surface area (Å²) in [6.45, 7) is 2.99. The fraction of sp³-hybridized carbons (Fsp3) is 0.765. The first kappa shape index (κ1) is 17.7. The molecule has 120 valence electrons. The molecule has 1 rings (SSSR count). The lowest BCUT2D eigenvalue weighted by Gasteiger charge is -2.06. The summed E-state index contributed by atoms with van der Waals surface area (Å²) < 4.78 is 1.56. The number of aryl methyl sites for hydroxylation is 1. The Kier molecular flexibility index (Phi) is 9.58. The first-order chi connectivity index (χ1) is 10.3. The average Bonchev–Trinajstić information content (AvgIpc) is 2.50. The maximum atomic E-state index is 11.8. The average molecular weight is 293 g/mol. The molecule has 1 aromatic rings. The van der Waals surface area contributed by atoms with Gasteiger partial charge in [0.1, 0.15) is 0 Å². The third-order valence-electron chi connectivity index (χ3n) is 3.88. The Morgan fingerprint density at radius 2 is 1.57 bits per heavy atom. The van der Waals surface area contributed by atoms with Gasteiger partial charge in [-0.2, -0.15) is 5.10 Å². The fourth-order valence-corrected chi connectivity index (χ4v) is 2.49. The van der Waals surface area contributed by atoms with Gasteiger partial charge < -0.3 is 5.32 Å². The molecule has 1 heterocycles. The number of hydrogen-bond acceptors (Lipinski definition) is 3. The van der Waals surface area contributed by atoms with Crippen molar-refractivity contribution in [2.45, 2.75) is 77.7 Å². The molecular weight excluding hydrogens is 262 g/mol. The fourth-order valence-electron chi connectivity index (χ4n) is 2.49. The number of anilines is 1. The maximum Gasteiger partial charge on any atom is 0.268 e. The van der Waals surface area contributed by atoms with Crippen molar-refractivity contribution in [1.29, 1.82) is 0 Å². The second-order valence-electron chi connectivity index (χ2n) is 5.74. The van der Waals surface area contributed by atoms with E-state index in [9.17, 15) is 4.79 Å². The summed E-state index contributed by atoms with van der Waals surface area (Å²) in [5.41, 5.74) is 0.761. The van der Waals surface area contributed by atoms with Crippen LogP contribution in [0.4, 0.5) is 5.69 Å². The van der Waals surface area contributed by atoms with Crippen LogP contribution in [0.3, 0.4) is 0 Å². The Morgan fingerprint density at radius 3 is 2.10 bits per heavy atom. The van der Waals surface area contributed by atoms with Gasteiger partial charge in [0.2, 0.25) is 0 Å². The van der Waals surface area contributed by atoms with Gasteiger partial charge in [0.25, 0.3) is 5.56 Å². The van der Waals surface area contributed by atoms with Crippen molar-refractivity contribution in [1.82, 2.24) is 9.78 Å². The molecule has 0 saturated heterocycles. The normalized spacial score (nSPS) is 10.8. The van der Waals surface area contributed by atoms with Gasteiger partial charge >= 0.3 is 0 Å². The smallest absolute Gasteiger partial charge is 0.268 e. The van der Waals surface area contributed by atoms with Crippen molar-refractivity contribution in [3.63, 3.8) is 0 Å². The van der Waals surface area contributed by atoms with Gasteiger partial charge in [-0.15, -0.1) is 0 Å². The van der Waals surface area contributed by atoms with E-state index in [1.54, 1.807) is 24.0 Å². The number of rotatable bonds is 12. The summed E-state index contributed by atoms with van der Waals surface area (Å²) in [5.74, 6) is 0. The summed E-state index contributed by atoms with van der Waals surface area (Å²) in [6.07, 6.45) is 14.8. The zero-order valence-corrected chi connectivity index (χ0v) is 13.7. The second kappa shape index (κ2) is 11.4. The predicted octanol–water partition coefficient (Wildman–Crippen LogP) is 4.21. The molecule has 0 fully saturated rings. The van der Waals surface area contributed by atoms with E-state index in [0.29, 0.717) is 0 Å². The Hall–Kier alpha value is -1.32. The van der Waals surface area contributed by atoms with Crippen LogP contribution in [-0.2, 0) is 6.54 Å². The largest absolute Gasteiger partial charge is 0.387 e. The van der Waals surface area contributed by atoms with Gasteiger partial charge in [-0.05, 0) is 6.42 Å². The molecular formula is C17H31N3O. The molecule has 0 unspecified atom stereocenters. The molecule has 0 radical (unpaired) electrons. The SMILES string of the molecule is CCCCCCCCCCCCn1ncc(NC)cc1=O. The number of unbranched alkanes of at least 4 members (excludes halogenated alkanes) is 9. The van der Waals surface area contributed by atoms with Crippen LogP contribution in [0.25, 0.3) is 0 Å². The lowest BCUT2D eigenvalue weighted by atomic mass is 10.1. The van der Waals surface area contributed by atoms with Crippen LogP contribution in [0.2, 0.25) is 0 Å². The van der Waals surface area contributed by atoms with Gasteiger partial charge in [-0.3, -0.25) is 4.79 Å². The molecule has 4 heteroatoms. The van der Waals surface area contributed by atoms with Crippen LogP contribution in [-0.4, -0.2) is 16.8 Å². The molecule has 0 aliphatic carbocycles. The maximum absolute atomic E-state index is 11.8. The van der Waals surface area contributed by atoms with E-state index in [2.05, 4.69) is 17.3 Å². The molecule has 0 aromatic carbocycles. The molecule has 0 saturated carbocycles. The van der Waals surface area contributed by atoms with Gasteiger partial charge in [0, 0.05) is 19.7 Å². The summed E-state index contributed by atoms with van der Waals surface area (Å²) in [6, 6.07) is 1.60. The van der Waals surface area contributed by atoms with Crippen LogP contribution in [0, 0.1) is 0 Å². The van der Waals surface area contributed by atoms with E-state index in [0.717, 1.165) is 18.7 Å². The Bertz CT molecular complexity index is 428. The van der Waals surface area contributed by atoms with Crippen LogP contribution in [0.15, 0.2) is 17.1 Å². The van der Waals surface area contributed by atoms with Crippen molar-refractivity contribution >= 4 is 5.69 Å². The molecule has 21 heavy (non-hydrogen) atoms. The zero-order valence-electron chi connectivity index (χ0n) is 13.7. The van der Waals surface area contributed by atoms with Gasteiger partial charge in [0.15, 0.2) is 0 Å². The van der Waals surface area contributed by atoms with Crippen molar-refractivity contribution < 1.29 is 0 Å². The Balaban J connectivity index is 2.03. The quantitative estimate of drug-likeness (QED) is 0.587. The predicted molar refractivity (Wildman–Crippen MR) is 89.9 cm³/mol. The number of aromatic nitrogens is 2. The molecule has 1 aromatic heterocycles. The highest BCUT2D eigenvalue weighted by atomic mass is 16.1. The number of nitrogens with one attached hydrogen (secondary N) is 1. The highest BCUT2D eigenvalue weighted by Crippen LogP contribution is 2.10. The lowest BCUT2D eigenvalue weighted by Crippen LogP contribution is -2.22. The minimum Gasteiger partial charge on any atom is -0.387 e. The molecule has 1 N–H and O–H groups in total. The first-order valence-corrected chi connectivity index (χ1v) is 8.53.